The van der Waals surface area contributed by atoms with Crippen molar-refractivity contribution in [1.82, 2.24) is 10.2 Å². The zero-order chi connectivity index (χ0) is 24.9. The van der Waals surface area contributed by atoms with Gasteiger partial charge in [0.25, 0.3) is 0 Å². The number of hydrogen-bond donors (Lipinski definition) is 6. The molecule has 2 atom stereocenters. The molecule has 0 aliphatic carbocycles. The van der Waals surface area contributed by atoms with E-state index >= 15 is 0 Å². The van der Waals surface area contributed by atoms with E-state index in [4.69, 9.17) is 32.8 Å². The van der Waals surface area contributed by atoms with Crippen molar-refractivity contribution in [1.29, 1.82) is 0 Å². The van der Waals surface area contributed by atoms with Crippen LogP contribution >= 0.6 is 0 Å². The van der Waals surface area contributed by atoms with E-state index in [0.29, 0.717) is 51.9 Å². The Kier molecular flexibility index (Phi) is 19.1. The van der Waals surface area contributed by atoms with Crippen molar-refractivity contribution >= 4 is 18.2 Å². The quantitative estimate of drug-likeness (QED) is 0.105. The van der Waals surface area contributed by atoms with Crippen molar-refractivity contribution in [3.05, 3.63) is 0 Å². The summed E-state index contributed by atoms with van der Waals surface area (Å²) in [5, 5.41) is 11.5. The van der Waals surface area contributed by atoms with Crippen LogP contribution in [-0.4, -0.2) is 86.2 Å². The van der Waals surface area contributed by atoms with Crippen LogP contribution in [0.25, 0.3) is 0 Å². The summed E-state index contributed by atoms with van der Waals surface area (Å²) in [6, 6.07) is -0.806. The number of carbonyl (C=O) groups excluding carboxylic acids is 2. The van der Waals surface area contributed by atoms with Crippen molar-refractivity contribution in [3.63, 3.8) is 0 Å². The van der Waals surface area contributed by atoms with Gasteiger partial charge in [0.1, 0.15) is 19.8 Å². The standard InChI is InChI=1S/C21H44N6O6/c22-10-4-1-7-13-27(20(29)32-15-17(25)8-2-5-11-23)14-19(28)26-18(9-3-6-12-24)16-33-21(30)31/h17-18H,1-16,22-25H2,(H,26,28)(H,30,31)/t17-,18-/m0/s1. The van der Waals surface area contributed by atoms with Crippen molar-refractivity contribution in [2.24, 2.45) is 22.9 Å². The number of hydrogen-bond acceptors (Lipinski definition) is 9. The van der Waals surface area contributed by atoms with Gasteiger partial charge in [0.2, 0.25) is 5.91 Å². The Labute approximate surface area is 196 Å². The summed E-state index contributed by atoms with van der Waals surface area (Å²) in [6.45, 7) is 1.63. The molecule has 0 saturated carbocycles. The van der Waals surface area contributed by atoms with Crippen LogP contribution in [0.2, 0.25) is 0 Å². The van der Waals surface area contributed by atoms with Crippen LogP contribution in [0.1, 0.15) is 57.8 Å². The molecule has 0 aromatic rings. The lowest BCUT2D eigenvalue weighted by Crippen LogP contribution is -2.46. The molecule has 33 heavy (non-hydrogen) atoms. The largest absolute Gasteiger partial charge is 0.505 e. The first-order valence-electron chi connectivity index (χ1n) is 11.8. The van der Waals surface area contributed by atoms with Crippen molar-refractivity contribution in [2.45, 2.75) is 69.9 Å². The van der Waals surface area contributed by atoms with E-state index in [-0.39, 0.29) is 25.8 Å². The van der Waals surface area contributed by atoms with Crippen LogP contribution in [0.4, 0.5) is 9.59 Å². The molecule has 0 aromatic heterocycles. The van der Waals surface area contributed by atoms with Gasteiger partial charge >= 0.3 is 12.2 Å². The van der Waals surface area contributed by atoms with Crippen LogP contribution in [0.5, 0.6) is 0 Å². The second kappa shape index (κ2) is 20.5. The number of ether oxygens (including phenoxy) is 2. The van der Waals surface area contributed by atoms with E-state index in [2.05, 4.69) is 10.1 Å². The number of carbonyl (C=O) groups is 3. The average Bonchev–Trinajstić information content (AvgIpc) is 2.78. The van der Waals surface area contributed by atoms with Crippen LogP contribution in [-0.2, 0) is 14.3 Å². The molecule has 0 aromatic carbocycles. The molecule has 0 spiro atoms. The summed E-state index contributed by atoms with van der Waals surface area (Å²) in [4.78, 5) is 37.2. The Morgan fingerprint density at radius 3 is 2.03 bits per heavy atom. The number of rotatable bonds is 20. The molecular formula is C21H44N6O6. The maximum absolute atomic E-state index is 12.6. The molecule has 12 heteroatoms. The maximum atomic E-state index is 12.6. The third-order valence-electron chi connectivity index (χ3n) is 4.95. The van der Waals surface area contributed by atoms with Crippen LogP contribution in [0.15, 0.2) is 0 Å². The van der Waals surface area contributed by atoms with E-state index in [1.165, 1.54) is 4.90 Å². The van der Waals surface area contributed by atoms with Gasteiger partial charge in [-0.05, 0) is 58.2 Å². The van der Waals surface area contributed by atoms with Gasteiger partial charge in [0.15, 0.2) is 0 Å². The van der Waals surface area contributed by atoms with Gasteiger partial charge in [0, 0.05) is 12.6 Å². The molecule has 194 valence electrons. The molecule has 0 fully saturated rings. The fraction of sp³-hybridized carbons (Fsp3) is 0.857. The first-order valence-corrected chi connectivity index (χ1v) is 11.8. The molecule has 0 saturated heterocycles. The minimum atomic E-state index is -1.42. The molecule has 12 nitrogen and oxygen atoms in total. The number of nitrogens with two attached hydrogens (primary N) is 4. The van der Waals surface area contributed by atoms with Gasteiger partial charge in [0.05, 0.1) is 6.04 Å². The normalized spacial score (nSPS) is 12.6. The molecule has 0 heterocycles. The fourth-order valence-electron chi connectivity index (χ4n) is 3.11. The second-order valence-electron chi connectivity index (χ2n) is 8.02. The molecule has 0 radical (unpaired) electrons. The summed E-state index contributed by atoms with van der Waals surface area (Å²) in [5.74, 6) is -0.426. The first-order chi connectivity index (χ1) is 15.8. The average molecular weight is 477 g/mol. The highest BCUT2D eigenvalue weighted by Gasteiger charge is 2.22. The Balaban J connectivity index is 4.84. The van der Waals surface area contributed by atoms with E-state index in [0.717, 1.165) is 32.1 Å². The highest BCUT2D eigenvalue weighted by Crippen LogP contribution is 2.06. The number of unbranched alkanes of at least 4 members (excludes halogenated alkanes) is 4. The molecule has 0 bridgehead atoms. The Bertz CT molecular complexity index is 539. The molecule has 0 aliphatic heterocycles. The van der Waals surface area contributed by atoms with Gasteiger partial charge in [-0.15, -0.1) is 0 Å². The molecule has 0 aliphatic rings. The Morgan fingerprint density at radius 1 is 0.818 bits per heavy atom. The van der Waals surface area contributed by atoms with Gasteiger partial charge < -0.3 is 42.8 Å². The van der Waals surface area contributed by atoms with E-state index in [1.54, 1.807) is 0 Å². The molecule has 2 amide bonds. The summed E-state index contributed by atoms with van der Waals surface area (Å²) >= 11 is 0. The highest BCUT2D eigenvalue weighted by atomic mass is 16.7. The van der Waals surface area contributed by atoms with Gasteiger partial charge in [-0.2, -0.15) is 0 Å². The minimum absolute atomic E-state index is 0.0541. The van der Waals surface area contributed by atoms with Crippen LogP contribution < -0.4 is 28.3 Å². The van der Waals surface area contributed by atoms with Crippen LogP contribution in [0.3, 0.4) is 0 Å². The SMILES string of the molecule is NCCCCCN(CC(=O)N[C@@H](CCCCN)COC(=O)O)C(=O)OC[C@@H](N)CCCCN. The molecular weight excluding hydrogens is 432 g/mol. The molecule has 0 unspecified atom stereocenters. The third kappa shape index (κ3) is 18.0. The summed E-state index contributed by atoms with van der Waals surface area (Å²) in [5.41, 5.74) is 22.5. The monoisotopic (exact) mass is 476 g/mol. The van der Waals surface area contributed by atoms with E-state index in [1.807, 2.05) is 0 Å². The van der Waals surface area contributed by atoms with Crippen LogP contribution in [0, 0.1) is 0 Å². The van der Waals surface area contributed by atoms with Crippen molar-refractivity contribution in [2.75, 3.05) is 45.9 Å². The lowest BCUT2D eigenvalue weighted by atomic mass is 10.1. The lowest BCUT2D eigenvalue weighted by molar-refractivity contribution is -0.123. The van der Waals surface area contributed by atoms with E-state index in [9.17, 15) is 14.4 Å². The zero-order valence-electron chi connectivity index (χ0n) is 19.7. The zero-order valence-corrected chi connectivity index (χ0v) is 19.7. The third-order valence-corrected chi connectivity index (χ3v) is 4.95. The number of nitrogens with one attached hydrogen (secondary N) is 1. The number of amides is 2. The summed E-state index contributed by atoms with van der Waals surface area (Å²) in [6.07, 6.45) is 4.62. The highest BCUT2D eigenvalue weighted by molar-refractivity contribution is 5.82. The topological polar surface area (TPSA) is 209 Å². The summed E-state index contributed by atoms with van der Waals surface area (Å²) in [7, 11) is 0. The Morgan fingerprint density at radius 2 is 1.42 bits per heavy atom. The number of carboxylic acid groups (broad SMARTS) is 1. The van der Waals surface area contributed by atoms with Gasteiger partial charge in [-0.25, -0.2) is 9.59 Å². The van der Waals surface area contributed by atoms with Gasteiger partial charge in [-0.1, -0.05) is 19.3 Å². The summed E-state index contributed by atoms with van der Waals surface area (Å²) < 4.78 is 9.94. The minimum Gasteiger partial charge on any atom is -0.450 e. The van der Waals surface area contributed by atoms with E-state index < -0.39 is 24.2 Å². The van der Waals surface area contributed by atoms with Crippen molar-refractivity contribution in [3.8, 4) is 0 Å². The predicted molar refractivity (Wildman–Crippen MR) is 126 cm³/mol. The second-order valence-corrected chi connectivity index (χ2v) is 8.02. The maximum Gasteiger partial charge on any atom is 0.505 e. The lowest BCUT2D eigenvalue weighted by Gasteiger charge is -2.24. The molecule has 10 N–H and O–H groups in total. The smallest absolute Gasteiger partial charge is 0.450 e. The van der Waals surface area contributed by atoms with Crippen molar-refractivity contribution < 1.29 is 29.0 Å². The fourth-order valence-corrected chi connectivity index (χ4v) is 3.11. The predicted octanol–water partition coefficient (Wildman–Crippen LogP) is 0.319. The first kappa shape index (κ1) is 30.9. The Hall–Kier alpha value is -2.15. The number of nitrogens with zero attached hydrogens (tertiary/aromatic N) is 1. The molecule has 0 rings (SSSR count). The van der Waals surface area contributed by atoms with Gasteiger partial charge in [-0.3, -0.25) is 9.69 Å².